The van der Waals surface area contributed by atoms with Crippen molar-refractivity contribution >= 4 is 21.0 Å². The average molecular weight is 588 g/mol. The third-order valence-corrected chi connectivity index (χ3v) is 7.40. The monoisotopic (exact) mass is 587 g/mol. The molecule has 1 N–H and O–H groups in total. The summed E-state index contributed by atoms with van der Waals surface area (Å²) < 4.78 is 75.3. The second-order valence-corrected chi connectivity index (χ2v) is 13.7. The van der Waals surface area contributed by atoms with E-state index in [0.717, 1.165) is 22.1 Å². The Morgan fingerprint density at radius 2 is 1.05 bits per heavy atom. The van der Waals surface area contributed by atoms with Crippen molar-refractivity contribution in [2.75, 3.05) is 7.11 Å². The maximum atomic E-state index is 10.7. The molecule has 0 aliphatic carbocycles. The van der Waals surface area contributed by atoms with Crippen molar-refractivity contribution in [1.82, 2.24) is 0 Å². The average Bonchev–Trinajstić information content (AvgIpc) is 2.79. The van der Waals surface area contributed by atoms with Crippen LogP contribution in [0.25, 0.3) is 0 Å². The van der Waals surface area contributed by atoms with E-state index in [0.29, 0.717) is 0 Å². The lowest BCUT2D eigenvalue weighted by molar-refractivity contribution is -0.0510. The van der Waals surface area contributed by atoms with Crippen LogP contribution in [0, 0.1) is 0 Å². The minimum absolute atomic E-state index is 0.227. The van der Waals surface area contributed by atoms with Crippen LogP contribution in [-0.2, 0) is 21.0 Å². The van der Waals surface area contributed by atoms with E-state index < -0.39 is 15.6 Å². The zero-order chi connectivity index (χ0) is 29.6. The summed E-state index contributed by atoms with van der Waals surface area (Å²) in [7, 11) is -4.44. The summed E-state index contributed by atoms with van der Waals surface area (Å²) in [5, 5.41) is 0. The maximum Gasteiger partial charge on any atom is 0.522 e. The van der Waals surface area contributed by atoms with Crippen molar-refractivity contribution in [3.8, 4) is 17.2 Å². The van der Waals surface area contributed by atoms with Gasteiger partial charge in [0, 0.05) is 0 Å². The van der Waals surface area contributed by atoms with Crippen molar-refractivity contribution in [3.05, 3.63) is 72.8 Å². The molecule has 11 heteroatoms. The van der Waals surface area contributed by atoms with Crippen LogP contribution in [0.5, 0.6) is 17.2 Å². The standard InChI is InChI=1S/C27H33O3S.CHF3O3S/c1-26(2,3)29-20-12-16-22(17-13-20)31(25-11-9-8-10-24(25)28-7)23-18-14-21(15-19-23)30-27(4,5)6;2-1(3,4)8(5,6)7/h8-19H,1-7H3;(H,5,6,7)/q+1;. The van der Waals surface area contributed by atoms with Gasteiger partial charge in [0.05, 0.1) is 7.11 Å². The minimum Gasteiger partial charge on any atom is -0.491 e. The van der Waals surface area contributed by atoms with Crippen molar-refractivity contribution in [2.24, 2.45) is 0 Å². The van der Waals surface area contributed by atoms with Gasteiger partial charge >= 0.3 is 15.6 Å². The van der Waals surface area contributed by atoms with E-state index in [9.17, 15) is 13.2 Å². The van der Waals surface area contributed by atoms with Gasteiger partial charge in [-0.15, -0.1) is 0 Å². The van der Waals surface area contributed by atoms with Gasteiger partial charge in [0.15, 0.2) is 15.5 Å². The Bertz CT molecular complexity index is 1250. The molecule has 3 rings (SSSR count). The molecule has 6 nitrogen and oxygen atoms in total. The van der Waals surface area contributed by atoms with Gasteiger partial charge in [-0.05, 0) is 102 Å². The van der Waals surface area contributed by atoms with Crippen molar-refractivity contribution in [3.63, 3.8) is 0 Å². The normalized spacial score (nSPS) is 12.4. The van der Waals surface area contributed by atoms with Crippen LogP contribution in [0.1, 0.15) is 41.5 Å². The van der Waals surface area contributed by atoms with Crippen molar-refractivity contribution in [1.29, 1.82) is 0 Å². The number of hydrogen-bond donors (Lipinski definition) is 1. The lowest BCUT2D eigenvalue weighted by Gasteiger charge is -2.21. The molecule has 39 heavy (non-hydrogen) atoms. The molecule has 3 aromatic rings. The Labute approximate surface area is 231 Å². The third-order valence-electron chi connectivity index (χ3n) is 4.55. The SMILES string of the molecule is COc1ccccc1[S+](c1ccc(OC(C)(C)C)cc1)c1ccc(OC(C)(C)C)cc1.O=S(=O)(O)C(F)(F)F. The number of hydrogen-bond acceptors (Lipinski definition) is 5. The van der Waals surface area contributed by atoms with Crippen LogP contribution in [-0.4, -0.2) is 36.8 Å². The molecule has 0 aliphatic rings. The van der Waals surface area contributed by atoms with Gasteiger partial charge in [-0.1, -0.05) is 12.1 Å². The highest BCUT2D eigenvalue weighted by molar-refractivity contribution is 7.97. The van der Waals surface area contributed by atoms with Gasteiger partial charge < -0.3 is 14.2 Å². The van der Waals surface area contributed by atoms with Gasteiger partial charge in [-0.25, -0.2) is 0 Å². The highest BCUT2D eigenvalue weighted by atomic mass is 32.2. The van der Waals surface area contributed by atoms with Gasteiger partial charge in [-0.2, -0.15) is 21.6 Å². The van der Waals surface area contributed by atoms with Crippen LogP contribution in [0.15, 0.2) is 87.5 Å². The largest absolute Gasteiger partial charge is 0.522 e. The molecule has 0 heterocycles. The van der Waals surface area contributed by atoms with Gasteiger partial charge in [-0.3, -0.25) is 4.55 Å². The molecule has 0 bridgehead atoms. The van der Waals surface area contributed by atoms with Crippen LogP contribution in [0.2, 0.25) is 0 Å². The molecule has 0 radical (unpaired) electrons. The van der Waals surface area contributed by atoms with E-state index in [4.69, 9.17) is 27.2 Å². The molecule has 0 fully saturated rings. The first kappa shape index (κ1) is 32.3. The lowest BCUT2D eigenvalue weighted by Crippen LogP contribution is -2.23. The van der Waals surface area contributed by atoms with E-state index in [2.05, 4.69) is 77.9 Å². The zero-order valence-electron chi connectivity index (χ0n) is 22.9. The van der Waals surface area contributed by atoms with Crippen molar-refractivity contribution < 1.29 is 40.4 Å². The quantitative estimate of drug-likeness (QED) is 0.182. The molecule has 214 valence electrons. The van der Waals surface area contributed by atoms with E-state index in [1.54, 1.807) is 7.11 Å². The number of alkyl halides is 3. The third kappa shape index (κ3) is 10.3. The Kier molecular flexibility index (Phi) is 10.4. The fraction of sp³-hybridized carbons (Fsp3) is 0.357. The molecule has 0 aliphatic heterocycles. The summed E-state index contributed by atoms with van der Waals surface area (Å²) >= 11 is 0. The van der Waals surface area contributed by atoms with Gasteiger partial charge in [0.25, 0.3) is 0 Å². The predicted molar refractivity (Wildman–Crippen MR) is 146 cm³/mol. The molecule has 0 spiro atoms. The zero-order valence-corrected chi connectivity index (χ0v) is 24.5. The Morgan fingerprint density at radius 3 is 1.36 bits per heavy atom. The predicted octanol–water partition coefficient (Wildman–Crippen LogP) is 7.54. The topological polar surface area (TPSA) is 82.1 Å². The summed E-state index contributed by atoms with van der Waals surface area (Å²) in [4.78, 5) is 3.56. The summed E-state index contributed by atoms with van der Waals surface area (Å²) in [5.74, 6) is 2.62. The highest BCUT2D eigenvalue weighted by Gasteiger charge is 2.44. The number of rotatable bonds is 6. The number of para-hydroxylation sites is 1. The van der Waals surface area contributed by atoms with E-state index >= 15 is 0 Å². The molecule has 0 saturated carbocycles. The number of methoxy groups -OCH3 is 1. The van der Waals surface area contributed by atoms with Gasteiger partial charge in [0.1, 0.15) is 33.6 Å². The van der Waals surface area contributed by atoms with E-state index in [-0.39, 0.29) is 22.1 Å². The summed E-state index contributed by atoms with van der Waals surface area (Å²) in [6, 6.07) is 25.0. The Balaban J connectivity index is 0.000000580. The molecule has 0 aromatic heterocycles. The molecular weight excluding hydrogens is 553 g/mol. The van der Waals surface area contributed by atoms with Gasteiger partial charge in [0.2, 0.25) is 4.90 Å². The molecule has 0 amide bonds. The summed E-state index contributed by atoms with van der Waals surface area (Å²) in [6.07, 6.45) is 0. The first-order valence-corrected chi connectivity index (χ1v) is 14.5. The fourth-order valence-corrected chi connectivity index (χ4v) is 5.34. The minimum atomic E-state index is -5.84. The highest BCUT2D eigenvalue weighted by Crippen LogP contribution is 2.38. The lowest BCUT2D eigenvalue weighted by atomic mass is 10.2. The number of ether oxygens (including phenoxy) is 3. The second kappa shape index (κ2) is 12.5. The van der Waals surface area contributed by atoms with Crippen LogP contribution < -0.4 is 14.2 Å². The van der Waals surface area contributed by atoms with Crippen LogP contribution in [0.3, 0.4) is 0 Å². The molecule has 0 saturated heterocycles. The van der Waals surface area contributed by atoms with Crippen LogP contribution in [0.4, 0.5) is 13.2 Å². The first-order chi connectivity index (χ1) is 17.8. The Morgan fingerprint density at radius 1 is 0.692 bits per heavy atom. The molecule has 0 unspecified atom stereocenters. The number of halogens is 3. The smallest absolute Gasteiger partial charge is 0.491 e. The Hall–Kier alpha value is -2.89. The molecule has 0 atom stereocenters. The van der Waals surface area contributed by atoms with E-state index in [1.165, 1.54) is 9.79 Å². The maximum absolute atomic E-state index is 10.7. The molecule has 3 aromatic carbocycles. The van der Waals surface area contributed by atoms with Crippen LogP contribution >= 0.6 is 0 Å². The fourth-order valence-electron chi connectivity index (χ4n) is 3.17. The first-order valence-electron chi connectivity index (χ1n) is 11.8. The van der Waals surface area contributed by atoms with E-state index in [1.807, 2.05) is 36.4 Å². The number of benzene rings is 3. The molecular formula is C28H34F3O6S2+. The summed E-state index contributed by atoms with van der Waals surface area (Å²) in [5.41, 5.74) is -5.99. The van der Waals surface area contributed by atoms with Crippen molar-refractivity contribution in [2.45, 2.75) is 72.9 Å². The summed E-state index contributed by atoms with van der Waals surface area (Å²) in [6.45, 7) is 12.3. The second-order valence-electron chi connectivity index (χ2n) is 10.2.